The Bertz CT molecular complexity index is 3350. The summed E-state index contributed by atoms with van der Waals surface area (Å²) in [7, 11) is 0. The van der Waals surface area contributed by atoms with Crippen molar-refractivity contribution in [2.75, 3.05) is 13.2 Å². The number of hydrogen-bond acceptors (Lipinski definition) is 20. The Morgan fingerprint density at radius 1 is 0.820 bits per heavy atom. The molecule has 2 heterocycles. The van der Waals surface area contributed by atoms with Crippen LogP contribution in [-0.2, 0) is 81.3 Å². The van der Waals surface area contributed by atoms with Gasteiger partial charge in [0, 0.05) is 63.0 Å². The number of rotatable bonds is 21. The number of nitrogens with zero attached hydrogens (tertiary/aromatic N) is 3. The van der Waals surface area contributed by atoms with E-state index in [0.717, 1.165) is 50.9 Å². The number of hydrogen-bond donors (Lipinski definition) is 2. The van der Waals surface area contributed by atoms with E-state index in [-0.39, 0.29) is 60.4 Å². The summed E-state index contributed by atoms with van der Waals surface area (Å²) < 4.78 is 50.3. The third-order valence-electron chi connectivity index (χ3n) is 20.1. The highest BCUT2D eigenvalue weighted by Gasteiger charge is 2.78. The molecule has 0 radical (unpaired) electrons. The minimum Gasteiger partial charge on any atom is -0.455 e. The number of carbonyl (C=O) groups excluding carboxylic acids is 8. The van der Waals surface area contributed by atoms with Crippen LogP contribution in [0.1, 0.15) is 157 Å². The van der Waals surface area contributed by atoms with Gasteiger partial charge in [-0.15, -0.1) is 5.10 Å². The SMILES string of the molecule is CCC(C)OC(=O)OC[C@@H]1[C@@H]2CCc3c(nnn3CCCCC(=O)O[C@@H](C(=O)O[C@H]3C[C@@]4(O)[C@@H](OC(=O)c5ccccc5)[C@@H]5[C@]6(OC(C)=O)CO[C@@H]6C[C@H](O)[C@@]5(C)C(=O)[C@H](OC(C)=O)C(=C3C)C4(C)C)[C@@H](CC(=O)c3ccccc3)c3ccccc3)CC[C@@H]21. The van der Waals surface area contributed by atoms with Crippen LogP contribution in [0.2, 0.25) is 0 Å². The van der Waals surface area contributed by atoms with Gasteiger partial charge in [0.2, 0.25) is 6.10 Å². The lowest BCUT2D eigenvalue weighted by atomic mass is 9.44. The third-order valence-corrected chi connectivity index (χ3v) is 20.1. The van der Waals surface area contributed by atoms with Gasteiger partial charge in [-0.1, -0.05) is 105 Å². The maximum Gasteiger partial charge on any atom is 0.508 e. The highest BCUT2D eigenvalue weighted by molar-refractivity contribution is 5.98. The summed E-state index contributed by atoms with van der Waals surface area (Å²) in [5, 5.41) is 35.5. The molecule has 21 nitrogen and oxygen atoms in total. The van der Waals surface area contributed by atoms with Crippen molar-refractivity contribution in [1.82, 2.24) is 15.0 Å². The molecule has 2 bridgehead atoms. The first-order chi connectivity index (χ1) is 42.4. The van der Waals surface area contributed by atoms with E-state index in [1.54, 1.807) is 99.6 Å². The molecular weight excluding hydrogens is 1150 g/mol. The third kappa shape index (κ3) is 12.5. The second kappa shape index (κ2) is 26.1. The summed E-state index contributed by atoms with van der Waals surface area (Å²) in [6, 6.07) is 24.9. The van der Waals surface area contributed by atoms with Crippen molar-refractivity contribution >= 4 is 47.6 Å². The molecule has 10 rings (SSSR count). The van der Waals surface area contributed by atoms with Crippen LogP contribution in [-0.4, -0.2) is 140 Å². The Kier molecular flexibility index (Phi) is 18.9. The van der Waals surface area contributed by atoms with E-state index in [2.05, 4.69) is 10.3 Å². The Labute approximate surface area is 517 Å². The number of unbranched alkanes of at least 4 members (excludes halogenated alkanes) is 1. The standard InChI is InChI=1S/C68H81N3O18/c1-9-38(2)84-64(80)82-36-48-45-28-30-49-50(31-29-46(45)48)71(70-69-49)32-20-19-27-55(76)87-57(47(42-21-13-10-14-22-42)33-51(74)43-23-15-11-16-24-43)63(79)86-52-35-68(81)61(88-62(78)44-25-17-12-18-26-44)59-66(8,53(75)34-54-67(59,37-83-54)89-41(5)73)60(77)58(85-40(4)72)56(39(52)3)65(68,6)7/h10-18,21-26,38,45-48,52-54,57-59,61,75,81H,9,19-20,27-37H2,1-8H3/t38?,45-,46+,47-,48-,52-,53-,54+,57+,58+,59-,61-,66+,67-,68+/m0/s1. The maximum atomic E-state index is 15.9. The molecule has 1 unspecified atom stereocenters. The molecule has 15 atom stereocenters. The Balaban J connectivity index is 0.962. The number of benzene rings is 3. The summed E-state index contributed by atoms with van der Waals surface area (Å²) in [5.41, 5.74) is -5.25. The molecule has 0 spiro atoms. The lowest BCUT2D eigenvalue weighted by Gasteiger charge is -2.67. The molecule has 4 fully saturated rings. The number of aryl methyl sites for hydroxylation is 2. The predicted octanol–water partition coefficient (Wildman–Crippen LogP) is 8.33. The van der Waals surface area contributed by atoms with E-state index >= 15 is 9.59 Å². The molecule has 6 aliphatic rings. The van der Waals surface area contributed by atoms with Gasteiger partial charge in [0.1, 0.15) is 30.0 Å². The smallest absolute Gasteiger partial charge is 0.455 e. The van der Waals surface area contributed by atoms with Crippen LogP contribution in [0.3, 0.4) is 0 Å². The van der Waals surface area contributed by atoms with Gasteiger partial charge < -0.3 is 48.1 Å². The molecule has 476 valence electrons. The molecule has 21 heteroatoms. The van der Waals surface area contributed by atoms with Crippen LogP contribution >= 0.6 is 0 Å². The van der Waals surface area contributed by atoms with Gasteiger partial charge in [0.25, 0.3) is 0 Å². The zero-order valence-electron chi connectivity index (χ0n) is 51.8. The van der Waals surface area contributed by atoms with Gasteiger partial charge in [-0.3, -0.25) is 24.0 Å². The molecule has 4 aromatic rings. The number of ether oxygens (including phenoxy) is 8. The minimum absolute atomic E-state index is 0.0238. The summed E-state index contributed by atoms with van der Waals surface area (Å²) in [6.07, 6.45) is -7.36. The van der Waals surface area contributed by atoms with Gasteiger partial charge in [0.05, 0.1) is 47.6 Å². The topological polar surface area (TPSA) is 282 Å². The first kappa shape index (κ1) is 64.4. The van der Waals surface area contributed by atoms with Crippen molar-refractivity contribution in [3.8, 4) is 0 Å². The Hall–Kier alpha value is -7.62. The van der Waals surface area contributed by atoms with Crippen molar-refractivity contribution < 1.29 is 86.5 Å². The first-order valence-electron chi connectivity index (χ1n) is 31.1. The van der Waals surface area contributed by atoms with Crippen LogP contribution in [0, 0.1) is 34.5 Å². The molecule has 3 saturated carbocycles. The molecule has 5 aliphatic carbocycles. The van der Waals surface area contributed by atoms with Gasteiger partial charge in [0.15, 0.2) is 23.3 Å². The van der Waals surface area contributed by atoms with E-state index < -0.39 is 119 Å². The summed E-state index contributed by atoms with van der Waals surface area (Å²) in [5.74, 6) is -7.55. The maximum absolute atomic E-state index is 15.9. The summed E-state index contributed by atoms with van der Waals surface area (Å²) in [6.45, 7) is 12.5. The summed E-state index contributed by atoms with van der Waals surface area (Å²) >= 11 is 0. The molecule has 1 aromatic heterocycles. The average molecular weight is 1230 g/mol. The number of fused-ring (bicyclic) bond motifs is 7. The fraction of sp³-hybridized carbons (Fsp3) is 0.559. The largest absolute Gasteiger partial charge is 0.508 e. The highest BCUT2D eigenvalue weighted by Crippen LogP contribution is 2.65. The highest BCUT2D eigenvalue weighted by atomic mass is 16.7. The van der Waals surface area contributed by atoms with Gasteiger partial charge in [-0.05, 0) is 112 Å². The fourth-order valence-electron chi connectivity index (χ4n) is 15.0. The quantitative estimate of drug-likeness (QED) is 0.0261. The van der Waals surface area contributed by atoms with Crippen molar-refractivity contribution in [2.45, 2.75) is 192 Å². The molecule has 0 amide bonds. The lowest BCUT2D eigenvalue weighted by molar-refractivity contribution is -0.346. The number of aliphatic hydroxyl groups is 2. The van der Waals surface area contributed by atoms with Crippen LogP contribution in [0.4, 0.5) is 4.79 Å². The van der Waals surface area contributed by atoms with Crippen molar-refractivity contribution in [2.24, 2.45) is 34.5 Å². The number of Topliss-reactive ketones (excluding diaryl/α,β-unsaturated/α-hetero) is 2. The van der Waals surface area contributed by atoms with E-state index in [0.29, 0.717) is 55.4 Å². The number of aromatic nitrogens is 3. The van der Waals surface area contributed by atoms with E-state index in [4.69, 9.17) is 37.9 Å². The molecule has 2 N–H and O–H groups in total. The molecule has 1 aliphatic heterocycles. The van der Waals surface area contributed by atoms with E-state index in [1.165, 1.54) is 19.1 Å². The van der Waals surface area contributed by atoms with Gasteiger partial charge in [-0.2, -0.15) is 0 Å². The fourth-order valence-corrected chi connectivity index (χ4v) is 15.0. The number of aliphatic hydroxyl groups excluding tert-OH is 1. The monoisotopic (exact) mass is 1230 g/mol. The predicted molar refractivity (Wildman–Crippen MR) is 316 cm³/mol. The van der Waals surface area contributed by atoms with Gasteiger partial charge >= 0.3 is 36.0 Å². The van der Waals surface area contributed by atoms with Crippen LogP contribution in [0.5, 0.6) is 0 Å². The molecule has 89 heavy (non-hydrogen) atoms. The second-order valence-electron chi connectivity index (χ2n) is 25.7. The van der Waals surface area contributed by atoms with Crippen molar-refractivity contribution in [1.29, 1.82) is 0 Å². The zero-order valence-corrected chi connectivity index (χ0v) is 51.8. The second-order valence-corrected chi connectivity index (χ2v) is 25.7. The number of ketones is 2. The van der Waals surface area contributed by atoms with Crippen LogP contribution in [0.15, 0.2) is 102 Å². The summed E-state index contributed by atoms with van der Waals surface area (Å²) in [4.78, 5) is 114. The van der Waals surface area contributed by atoms with Crippen LogP contribution in [0.25, 0.3) is 0 Å². The first-order valence-corrected chi connectivity index (χ1v) is 31.1. The molecule has 3 aromatic carbocycles. The van der Waals surface area contributed by atoms with Gasteiger partial charge in [-0.25, -0.2) is 19.1 Å². The lowest BCUT2D eigenvalue weighted by Crippen LogP contribution is -2.82. The normalized spacial score (nSPS) is 29.9. The average Bonchev–Trinajstić information content (AvgIpc) is 1.47. The molecule has 1 saturated heterocycles. The zero-order chi connectivity index (χ0) is 63.7. The van der Waals surface area contributed by atoms with Crippen molar-refractivity contribution in [3.05, 3.63) is 130 Å². The molecular formula is C68H81N3O18. The Morgan fingerprint density at radius 2 is 1.47 bits per heavy atom. The van der Waals surface area contributed by atoms with E-state index in [9.17, 15) is 39.0 Å². The Morgan fingerprint density at radius 3 is 2.10 bits per heavy atom. The minimum atomic E-state index is -2.47. The van der Waals surface area contributed by atoms with E-state index in [1.807, 2.05) is 18.5 Å². The number of carbonyl (C=O) groups is 8. The van der Waals surface area contributed by atoms with Crippen LogP contribution < -0.4 is 0 Å². The number of esters is 5. The van der Waals surface area contributed by atoms with Crippen molar-refractivity contribution in [3.63, 3.8) is 0 Å².